The molecule has 1 aromatic carbocycles. The average molecular weight is 221 g/mol. The van der Waals surface area contributed by atoms with Crippen molar-refractivity contribution in [2.24, 2.45) is 0 Å². The number of rotatable bonds is 7. The van der Waals surface area contributed by atoms with Crippen LogP contribution in [0.3, 0.4) is 0 Å². The first-order chi connectivity index (χ1) is 7.76. The molecule has 0 radical (unpaired) electrons. The van der Waals surface area contributed by atoms with Crippen molar-refractivity contribution >= 4 is 0 Å². The molecule has 0 bridgehead atoms. The number of phenolic OH excluding ortho intramolecular Hbond substituents is 1. The quantitative estimate of drug-likeness (QED) is 0.765. The van der Waals surface area contributed by atoms with Gasteiger partial charge >= 0.3 is 0 Å². The Kier molecular flexibility index (Phi) is 5.94. The van der Waals surface area contributed by atoms with Gasteiger partial charge in [0, 0.05) is 0 Å². The average Bonchev–Trinajstić information content (AvgIpc) is 2.30. The minimum atomic E-state index is 0.352. The fourth-order valence-electron chi connectivity index (χ4n) is 1.91. The lowest BCUT2D eigenvalue weighted by Crippen LogP contribution is -2.25. The highest BCUT2D eigenvalue weighted by Crippen LogP contribution is 2.11. The van der Waals surface area contributed by atoms with Gasteiger partial charge in [0.05, 0.1) is 0 Å². The van der Waals surface area contributed by atoms with Crippen molar-refractivity contribution in [1.29, 1.82) is 0 Å². The molecule has 2 nitrogen and oxygen atoms in total. The molecule has 0 aromatic heterocycles. The van der Waals surface area contributed by atoms with Crippen molar-refractivity contribution < 1.29 is 5.11 Å². The van der Waals surface area contributed by atoms with E-state index in [-0.39, 0.29) is 0 Å². The zero-order valence-corrected chi connectivity index (χ0v) is 10.4. The summed E-state index contributed by atoms with van der Waals surface area (Å²) >= 11 is 0. The molecule has 0 heterocycles. The van der Waals surface area contributed by atoms with Crippen molar-refractivity contribution in [3.05, 3.63) is 29.8 Å². The highest BCUT2D eigenvalue weighted by Gasteiger charge is 2.00. The molecule has 0 aliphatic rings. The van der Waals surface area contributed by atoms with E-state index in [9.17, 15) is 5.11 Å². The number of aromatic hydroxyl groups is 1. The van der Waals surface area contributed by atoms with Crippen LogP contribution in [0, 0.1) is 0 Å². The Morgan fingerprint density at radius 3 is 2.31 bits per heavy atom. The summed E-state index contributed by atoms with van der Waals surface area (Å²) in [7, 11) is 0. The predicted molar refractivity (Wildman–Crippen MR) is 68.8 cm³/mol. The van der Waals surface area contributed by atoms with Crippen LogP contribution < -0.4 is 0 Å². The van der Waals surface area contributed by atoms with Crippen LogP contribution >= 0.6 is 0 Å². The maximum Gasteiger partial charge on any atom is 0.115 e. The first-order valence-electron chi connectivity index (χ1n) is 6.26. The second-order valence-corrected chi connectivity index (χ2v) is 4.20. The second-order valence-electron chi connectivity index (χ2n) is 4.20. The van der Waals surface area contributed by atoms with Gasteiger partial charge in [0.1, 0.15) is 5.75 Å². The SMILES string of the molecule is CCCN(CC)CCCc1ccc(O)cc1. The van der Waals surface area contributed by atoms with Crippen LogP contribution in [0.2, 0.25) is 0 Å². The molecule has 2 heteroatoms. The fraction of sp³-hybridized carbons (Fsp3) is 0.571. The van der Waals surface area contributed by atoms with Crippen LogP contribution in [0.5, 0.6) is 5.75 Å². The lowest BCUT2D eigenvalue weighted by atomic mass is 10.1. The Hall–Kier alpha value is -1.02. The Bertz CT molecular complexity index is 281. The van der Waals surface area contributed by atoms with E-state index in [1.807, 2.05) is 12.1 Å². The molecule has 0 spiro atoms. The van der Waals surface area contributed by atoms with Gasteiger partial charge < -0.3 is 10.0 Å². The molecule has 1 N–H and O–H groups in total. The number of nitrogens with zero attached hydrogens (tertiary/aromatic N) is 1. The van der Waals surface area contributed by atoms with E-state index in [1.54, 1.807) is 12.1 Å². The van der Waals surface area contributed by atoms with E-state index in [0.717, 1.165) is 13.0 Å². The second kappa shape index (κ2) is 7.29. The zero-order chi connectivity index (χ0) is 11.8. The minimum absolute atomic E-state index is 0.352. The van der Waals surface area contributed by atoms with E-state index in [4.69, 9.17) is 0 Å². The monoisotopic (exact) mass is 221 g/mol. The largest absolute Gasteiger partial charge is 0.508 e. The number of aryl methyl sites for hydroxylation is 1. The van der Waals surface area contributed by atoms with Gasteiger partial charge in [-0.15, -0.1) is 0 Å². The lowest BCUT2D eigenvalue weighted by molar-refractivity contribution is 0.285. The van der Waals surface area contributed by atoms with Gasteiger partial charge in [-0.25, -0.2) is 0 Å². The molecule has 16 heavy (non-hydrogen) atoms. The van der Waals surface area contributed by atoms with E-state index in [2.05, 4.69) is 18.7 Å². The first-order valence-corrected chi connectivity index (χ1v) is 6.26. The molecule has 0 aliphatic heterocycles. The van der Waals surface area contributed by atoms with Crippen LogP contribution in [0.4, 0.5) is 0 Å². The molecular formula is C14H23NO. The van der Waals surface area contributed by atoms with Gasteiger partial charge in [0.2, 0.25) is 0 Å². The summed E-state index contributed by atoms with van der Waals surface area (Å²) in [6, 6.07) is 7.54. The van der Waals surface area contributed by atoms with Gasteiger partial charge in [-0.1, -0.05) is 26.0 Å². The van der Waals surface area contributed by atoms with Gasteiger partial charge in [0.15, 0.2) is 0 Å². The topological polar surface area (TPSA) is 23.5 Å². The van der Waals surface area contributed by atoms with Gasteiger partial charge in [-0.3, -0.25) is 0 Å². The van der Waals surface area contributed by atoms with Crippen molar-refractivity contribution in [2.45, 2.75) is 33.1 Å². The molecular weight excluding hydrogens is 198 g/mol. The van der Waals surface area contributed by atoms with Crippen molar-refractivity contribution in [1.82, 2.24) is 4.90 Å². The van der Waals surface area contributed by atoms with E-state index in [0.29, 0.717) is 5.75 Å². The smallest absolute Gasteiger partial charge is 0.115 e. The highest BCUT2D eigenvalue weighted by molar-refractivity contribution is 5.25. The molecule has 0 amide bonds. The van der Waals surface area contributed by atoms with Crippen LogP contribution in [0.25, 0.3) is 0 Å². The van der Waals surface area contributed by atoms with Crippen LogP contribution in [-0.4, -0.2) is 29.6 Å². The number of hydrogen-bond acceptors (Lipinski definition) is 2. The summed E-state index contributed by atoms with van der Waals surface area (Å²) in [5.74, 6) is 0.352. The van der Waals surface area contributed by atoms with E-state index >= 15 is 0 Å². The van der Waals surface area contributed by atoms with Crippen LogP contribution in [0.15, 0.2) is 24.3 Å². The summed E-state index contributed by atoms with van der Waals surface area (Å²) < 4.78 is 0. The predicted octanol–water partition coefficient (Wildman–Crippen LogP) is 3.06. The third kappa shape index (κ3) is 4.67. The van der Waals surface area contributed by atoms with Crippen molar-refractivity contribution in [2.75, 3.05) is 19.6 Å². The van der Waals surface area contributed by atoms with Crippen molar-refractivity contribution in [3.63, 3.8) is 0 Å². The molecule has 1 rings (SSSR count). The normalized spacial score (nSPS) is 10.9. The maximum absolute atomic E-state index is 9.17. The zero-order valence-electron chi connectivity index (χ0n) is 10.4. The Morgan fingerprint density at radius 2 is 1.75 bits per heavy atom. The summed E-state index contributed by atoms with van der Waals surface area (Å²) in [5, 5.41) is 9.17. The van der Waals surface area contributed by atoms with Crippen LogP contribution in [-0.2, 0) is 6.42 Å². The summed E-state index contributed by atoms with van der Waals surface area (Å²) in [6.07, 6.45) is 3.52. The molecule has 0 saturated heterocycles. The maximum atomic E-state index is 9.17. The summed E-state index contributed by atoms with van der Waals surface area (Å²) in [5.41, 5.74) is 1.31. The summed E-state index contributed by atoms with van der Waals surface area (Å²) in [6.45, 7) is 7.96. The number of benzene rings is 1. The number of phenols is 1. The first kappa shape index (κ1) is 13.0. The van der Waals surface area contributed by atoms with Gasteiger partial charge in [-0.2, -0.15) is 0 Å². The molecule has 0 aliphatic carbocycles. The molecule has 0 unspecified atom stereocenters. The van der Waals surface area contributed by atoms with Crippen molar-refractivity contribution in [3.8, 4) is 5.75 Å². The fourth-order valence-corrected chi connectivity index (χ4v) is 1.91. The highest BCUT2D eigenvalue weighted by atomic mass is 16.3. The number of hydrogen-bond donors (Lipinski definition) is 1. The van der Waals surface area contributed by atoms with Gasteiger partial charge in [0.25, 0.3) is 0 Å². The van der Waals surface area contributed by atoms with Gasteiger partial charge in [-0.05, 0) is 56.6 Å². The van der Waals surface area contributed by atoms with E-state index in [1.165, 1.54) is 31.5 Å². The molecule has 90 valence electrons. The van der Waals surface area contributed by atoms with Crippen LogP contribution in [0.1, 0.15) is 32.3 Å². The third-order valence-electron chi connectivity index (χ3n) is 2.86. The Labute approximate surface area is 98.9 Å². The molecule has 0 fully saturated rings. The minimum Gasteiger partial charge on any atom is -0.508 e. The molecule has 0 atom stereocenters. The Morgan fingerprint density at radius 1 is 1.06 bits per heavy atom. The molecule has 0 saturated carbocycles. The van der Waals surface area contributed by atoms with E-state index < -0.39 is 0 Å². The molecule has 1 aromatic rings. The third-order valence-corrected chi connectivity index (χ3v) is 2.86. The standard InChI is InChI=1S/C14H23NO/c1-3-11-15(4-2)12-5-6-13-7-9-14(16)10-8-13/h7-10,16H,3-6,11-12H2,1-2H3. The summed E-state index contributed by atoms with van der Waals surface area (Å²) in [4.78, 5) is 2.49. The lowest BCUT2D eigenvalue weighted by Gasteiger charge is -2.19. The Balaban J connectivity index is 2.26.